The minimum atomic E-state index is -1.13. The van der Waals surface area contributed by atoms with Gasteiger partial charge < -0.3 is 28.6 Å². The van der Waals surface area contributed by atoms with Crippen LogP contribution in [0, 0.1) is 0 Å². The number of esters is 2. The Morgan fingerprint density at radius 2 is 1.00 bits per heavy atom. The van der Waals surface area contributed by atoms with Gasteiger partial charge in [0.1, 0.15) is 12.6 Å². The van der Waals surface area contributed by atoms with Gasteiger partial charge in [0.25, 0.3) is 0 Å². The number of hydrogen-bond acceptors (Lipinski definition) is 7. The molecule has 346 valence electrons. The van der Waals surface area contributed by atoms with E-state index in [1.807, 2.05) is 6.08 Å². The van der Waals surface area contributed by atoms with E-state index in [4.69, 9.17) is 14.2 Å². The zero-order chi connectivity index (χ0) is 44.2. The molecule has 0 aliphatic rings. The normalized spacial score (nSPS) is 13.4. The minimum absolute atomic E-state index is 0.0287. The molecule has 0 aromatic heterocycles. The molecule has 0 saturated carbocycles. The Hall–Kier alpha value is -2.97. The van der Waals surface area contributed by atoms with E-state index in [1.54, 1.807) is 21.1 Å². The molecule has 8 heteroatoms. The first-order valence-electron chi connectivity index (χ1n) is 24.3. The number of allylic oxidation sites excluding steroid dienone is 10. The van der Waals surface area contributed by atoms with E-state index in [9.17, 15) is 19.5 Å². The summed E-state index contributed by atoms with van der Waals surface area (Å²) < 4.78 is 17.2. The number of aliphatic carboxylic acids is 1. The first-order valence-corrected chi connectivity index (χ1v) is 24.3. The third-order valence-corrected chi connectivity index (χ3v) is 10.7. The molecule has 0 aliphatic carbocycles. The number of carbonyl (C=O) groups is 3. The van der Waals surface area contributed by atoms with Crippen molar-refractivity contribution in [2.75, 3.05) is 41.0 Å². The predicted molar refractivity (Wildman–Crippen MR) is 249 cm³/mol. The van der Waals surface area contributed by atoms with Crippen LogP contribution in [0.15, 0.2) is 60.8 Å². The van der Waals surface area contributed by atoms with Crippen LogP contribution in [-0.2, 0) is 28.6 Å². The molecule has 0 saturated heterocycles. The van der Waals surface area contributed by atoms with Crippen molar-refractivity contribution >= 4 is 17.9 Å². The fraction of sp³-hybridized carbons (Fsp3) is 0.750. The number of hydrogen-bond donors (Lipinski definition) is 0. The van der Waals surface area contributed by atoms with Crippen LogP contribution < -0.4 is 5.11 Å². The van der Waals surface area contributed by atoms with Crippen LogP contribution in [0.3, 0.4) is 0 Å². The summed E-state index contributed by atoms with van der Waals surface area (Å²) in [5.41, 5.74) is 0. The maximum absolute atomic E-state index is 12.8. The van der Waals surface area contributed by atoms with Crippen LogP contribution in [0.4, 0.5) is 0 Å². The van der Waals surface area contributed by atoms with E-state index in [-0.39, 0.29) is 42.7 Å². The van der Waals surface area contributed by atoms with E-state index in [2.05, 4.69) is 68.5 Å². The molecule has 60 heavy (non-hydrogen) atoms. The number of likely N-dealkylation sites (N-methyl/N-ethyl adjacent to an activating group) is 1. The van der Waals surface area contributed by atoms with E-state index < -0.39 is 18.1 Å². The maximum Gasteiger partial charge on any atom is 0.306 e. The lowest BCUT2D eigenvalue weighted by Gasteiger charge is -2.34. The first-order chi connectivity index (χ1) is 29.1. The maximum atomic E-state index is 12.8. The lowest BCUT2D eigenvalue weighted by molar-refractivity contribution is -0.889. The van der Waals surface area contributed by atoms with Gasteiger partial charge in [-0.05, 0) is 64.2 Å². The summed E-state index contributed by atoms with van der Waals surface area (Å²) in [5.74, 6) is -1.77. The molecule has 0 aliphatic heterocycles. The molecular formula is C52H91NO7. The Morgan fingerprint density at radius 3 is 1.50 bits per heavy atom. The highest BCUT2D eigenvalue weighted by Gasteiger charge is 2.25. The number of ether oxygens (including phenoxy) is 3. The third kappa shape index (κ3) is 40.4. The number of nitrogens with zero attached hydrogens (tertiary/aromatic N) is 1. The van der Waals surface area contributed by atoms with Gasteiger partial charge in [0.2, 0.25) is 0 Å². The van der Waals surface area contributed by atoms with Gasteiger partial charge in [0, 0.05) is 19.3 Å². The van der Waals surface area contributed by atoms with Crippen LogP contribution >= 0.6 is 0 Å². The highest BCUT2D eigenvalue weighted by Crippen LogP contribution is 2.14. The first kappa shape index (κ1) is 57.0. The van der Waals surface area contributed by atoms with Gasteiger partial charge in [-0.1, -0.05) is 177 Å². The van der Waals surface area contributed by atoms with Crippen LogP contribution in [-0.4, -0.2) is 75.5 Å². The smallest absolute Gasteiger partial charge is 0.306 e. The standard InChI is InChI=1S/C52H91NO7/c1-6-8-10-12-14-16-18-20-21-22-23-24-25-26-27-28-29-31-33-35-37-39-41-43-51(55)60-48(46-58-45-44-49(52(56)57)53(3,4)5)47-59-50(54)42-40-38-36-34-32-30-19-17-15-13-11-9-7-2/h9,11,13,15,17,19,23-24,26-27,48-49H,6-8,10,12,14,16,18,20-22,25,28-47H2,1-5H3/b11-9+,15-13+,19-17+,24-23+,27-26+. The van der Waals surface area contributed by atoms with Crippen molar-refractivity contribution in [3.05, 3.63) is 60.8 Å². The minimum Gasteiger partial charge on any atom is -0.544 e. The lowest BCUT2D eigenvalue weighted by atomic mass is 10.1. The largest absolute Gasteiger partial charge is 0.544 e. The summed E-state index contributed by atoms with van der Waals surface area (Å²) in [5, 5.41) is 11.6. The molecule has 0 aromatic carbocycles. The highest BCUT2D eigenvalue weighted by molar-refractivity contribution is 5.70. The van der Waals surface area contributed by atoms with Gasteiger partial charge in [-0.25, -0.2) is 0 Å². The van der Waals surface area contributed by atoms with Gasteiger partial charge in [-0.3, -0.25) is 9.59 Å². The van der Waals surface area contributed by atoms with Crippen molar-refractivity contribution in [2.45, 2.75) is 212 Å². The topological polar surface area (TPSA) is 102 Å². The molecule has 0 bridgehead atoms. The monoisotopic (exact) mass is 842 g/mol. The molecule has 0 radical (unpaired) electrons. The summed E-state index contributed by atoms with van der Waals surface area (Å²) >= 11 is 0. The predicted octanol–water partition coefficient (Wildman–Crippen LogP) is 12.4. The molecule has 0 aromatic rings. The summed E-state index contributed by atoms with van der Waals surface area (Å²) in [6.45, 7) is 4.50. The third-order valence-electron chi connectivity index (χ3n) is 10.7. The Labute approximate surface area is 368 Å². The Kier molecular flexibility index (Phi) is 40.6. The van der Waals surface area contributed by atoms with Crippen molar-refractivity contribution in [3.63, 3.8) is 0 Å². The number of carboxylic acid groups (broad SMARTS) is 1. The zero-order valence-corrected chi connectivity index (χ0v) is 39.4. The highest BCUT2D eigenvalue weighted by atomic mass is 16.6. The molecule has 2 atom stereocenters. The summed E-state index contributed by atoms with van der Waals surface area (Å²) in [4.78, 5) is 36.9. The van der Waals surface area contributed by atoms with E-state index >= 15 is 0 Å². The second-order valence-corrected chi connectivity index (χ2v) is 17.4. The van der Waals surface area contributed by atoms with Gasteiger partial charge in [0.15, 0.2) is 6.10 Å². The summed E-state index contributed by atoms with van der Waals surface area (Å²) in [6.07, 6.45) is 52.5. The Balaban J connectivity index is 4.27. The second-order valence-electron chi connectivity index (χ2n) is 17.4. The molecular weight excluding hydrogens is 751 g/mol. The fourth-order valence-electron chi connectivity index (χ4n) is 6.92. The Morgan fingerprint density at radius 1 is 0.533 bits per heavy atom. The molecule has 0 heterocycles. The molecule has 0 amide bonds. The lowest BCUT2D eigenvalue weighted by Crippen LogP contribution is -2.55. The van der Waals surface area contributed by atoms with E-state index in [0.717, 1.165) is 77.0 Å². The van der Waals surface area contributed by atoms with Crippen LogP contribution in [0.5, 0.6) is 0 Å². The fourth-order valence-corrected chi connectivity index (χ4v) is 6.92. The van der Waals surface area contributed by atoms with Gasteiger partial charge in [0.05, 0.1) is 40.3 Å². The van der Waals surface area contributed by atoms with Crippen molar-refractivity contribution in [2.24, 2.45) is 0 Å². The molecule has 2 unspecified atom stereocenters. The van der Waals surface area contributed by atoms with Crippen molar-refractivity contribution in [3.8, 4) is 0 Å². The molecule has 0 fully saturated rings. The van der Waals surface area contributed by atoms with Gasteiger partial charge >= 0.3 is 11.9 Å². The quantitative estimate of drug-likeness (QED) is 0.0198. The SMILES string of the molecule is CC/C=C/C=C/C=C/CCCCCCCC(=O)OCC(COCCC(C(=O)[O-])[N+](C)(C)C)OC(=O)CCCCCCCCC/C=C/C/C=C/CCCCCCCCCCC. The summed E-state index contributed by atoms with van der Waals surface area (Å²) in [7, 11) is 5.40. The van der Waals surface area contributed by atoms with Crippen molar-refractivity contribution in [1.29, 1.82) is 0 Å². The van der Waals surface area contributed by atoms with E-state index in [0.29, 0.717) is 12.8 Å². The van der Waals surface area contributed by atoms with E-state index in [1.165, 1.54) is 89.9 Å². The van der Waals surface area contributed by atoms with Crippen LogP contribution in [0.25, 0.3) is 0 Å². The summed E-state index contributed by atoms with van der Waals surface area (Å²) in [6, 6.07) is -0.733. The Bertz CT molecular complexity index is 1170. The number of unbranched alkanes of at least 4 members (excludes halogenated alkanes) is 21. The number of rotatable bonds is 43. The molecule has 8 nitrogen and oxygen atoms in total. The number of carboxylic acids is 1. The average Bonchev–Trinajstić information content (AvgIpc) is 3.21. The van der Waals surface area contributed by atoms with Crippen LogP contribution in [0.2, 0.25) is 0 Å². The van der Waals surface area contributed by atoms with Crippen molar-refractivity contribution < 1.29 is 38.2 Å². The molecule has 0 spiro atoms. The van der Waals surface area contributed by atoms with Crippen molar-refractivity contribution in [1.82, 2.24) is 0 Å². The second kappa shape index (κ2) is 42.7. The number of carbonyl (C=O) groups excluding carboxylic acids is 3. The van der Waals surface area contributed by atoms with Gasteiger partial charge in [-0.15, -0.1) is 0 Å². The van der Waals surface area contributed by atoms with Crippen LogP contribution in [0.1, 0.15) is 200 Å². The number of quaternary nitrogens is 1. The zero-order valence-electron chi connectivity index (χ0n) is 39.4. The molecule has 0 rings (SSSR count). The molecule has 0 N–H and O–H groups in total. The van der Waals surface area contributed by atoms with Gasteiger partial charge in [-0.2, -0.15) is 0 Å². The average molecular weight is 842 g/mol.